The highest BCUT2D eigenvalue weighted by Crippen LogP contribution is 2.31. The molecule has 2 aromatic carbocycles. The van der Waals surface area contributed by atoms with Crippen LogP contribution in [0.5, 0.6) is 0 Å². The third kappa shape index (κ3) is 3.41. The number of halogens is 1. The van der Waals surface area contributed by atoms with Gasteiger partial charge in [-0.15, -0.1) is 0 Å². The number of anilines is 2. The van der Waals surface area contributed by atoms with Crippen LogP contribution in [0, 0.1) is 18.3 Å². The predicted octanol–water partition coefficient (Wildman–Crippen LogP) is 4.66. The Morgan fingerprint density at radius 2 is 2.00 bits per heavy atom. The molecule has 0 bridgehead atoms. The monoisotopic (exact) mass is 372 g/mol. The SMILES string of the molecule is Cc1cc(Cl)cc2c(Nc3cccc(C#N)c3)nc(-c3cnccn3)nc12. The molecular formula is C20H13ClN6. The number of nitrogens with one attached hydrogen (secondary N) is 1. The molecule has 0 aliphatic carbocycles. The number of hydrogen-bond acceptors (Lipinski definition) is 6. The maximum Gasteiger partial charge on any atom is 0.182 e. The van der Waals surface area contributed by atoms with Crippen LogP contribution in [0.1, 0.15) is 11.1 Å². The van der Waals surface area contributed by atoms with Gasteiger partial charge in [0.05, 0.1) is 23.3 Å². The zero-order valence-electron chi connectivity index (χ0n) is 14.3. The molecule has 7 heteroatoms. The first-order chi connectivity index (χ1) is 13.1. The number of fused-ring (bicyclic) bond motifs is 1. The van der Waals surface area contributed by atoms with E-state index >= 15 is 0 Å². The largest absolute Gasteiger partial charge is 0.340 e. The minimum absolute atomic E-state index is 0.458. The van der Waals surface area contributed by atoms with Gasteiger partial charge in [0.2, 0.25) is 0 Å². The number of nitrogens with zero attached hydrogens (tertiary/aromatic N) is 5. The molecule has 2 aromatic heterocycles. The molecule has 4 aromatic rings. The molecule has 6 nitrogen and oxygen atoms in total. The van der Waals surface area contributed by atoms with Crippen LogP contribution >= 0.6 is 11.6 Å². The minimum atomic E-state index is 0.458. The van der Waals surface area contributed by atoms with E-state index in [1.807, 2.05) is 31.2 Å². The zero-order valence-corrected chi connectivity index (χ0v) is 15.1. The van der Waals surface area contributed by atoms with Gasteiger partial charge in [-0.2, -0.15) is 5.26 Å². The summed E-state index contributed by atoms with van der Waals surface area (Å²) in [5.41, 5.74) is 3.58. The number of aryl methyl sites for hydroxylation is 1. The summed E-state index contributed by atoms with van der Waals surface area (Å²) in [5.74, 6) is 1.04. The fraction of sp³-hybridized carbons (Fsp3) is 0.0500. The van der Waals surface area contributed by atoms with E-state index in [1.54, 1.807) is 30.7 Å². The van der Waals surface area contributed by atoms with E-state index in [0.29, 0.717) is 27.9 Å². The summed E-state index contributed by atoms with van der Waals surface area (Å²) < 4.78 is 0. The average Bonchev–Trinajstić information content (AvgIpc) is 2.69. The summed E-state index contributed by atoms with van der Waals surface area (Å²) >= 11 is 6.25. The van der Waals surface area contributed by atoms with Gasteiger partial charge < -0.3 is 5.32 Å². The van der Waals surface area contributed by atoms with Crippen molar-refractivity contribution in [2.45, 2.75) is 6.92 Å². The normalized spacial score (nSPS) is 10.6. The van der Waals surface area contributed by atoms with Crippen molar-refractivity contribution in [3.05, 3.63) is 71.1 Å². The maximum absolute atomic E-state index is 9.13. The summed E-state index contributed by atoms with van der Waals surface area (Å²) in [7, 11) is 0. The summed E-state index contributed by atoms with van der Waals surface area (Å²) in [6.45, 7) is 1.95. The number of benzene rings is 2. The van der Waals surface area contributed by atoms with E-state index in [9.17, 15) is 0 Å². The van der Waals surface area contributed by atoms with E-state index in [0.717, 1.165) is 22.2 Å². The molecule has 130 valence electrons. The Balaban J connectivity index is 1.92. The minimum Gasteiger partial charge on any atom is -0.340 e. The lowest BCUT2D eigenvalue weighted by Gasteiger charge is -2.12. The molecule has 27 heavy (non-hydrogen) atoms. The van der Waals surface area contributed by atoms with Gasteiger partial charge in [-0.25, -0.2) is 15.0 Å². The van der Waals surface area contributed by atoms with Crippen molar-refractivity contribution in [3.63, 3.8) is 0 Å². The van der Waals surface area contributed by atoms with Crippen LogP contribution < -0.4 is 5.32 Å². The number of hydrogen-bond donors (Lipinski definition) is 1. The molecule has 0 amide bonds. The predicted molar refractivity (Wildman–Crippen MR) is 105 cm³/mol. The topological polar surface area (TPSA) is 87.4 Å². The van der Waals surface area contributed by atoms with Crippen molar-refractivity contribution in [1.82, 2.24) is 19.9 Å². The van der Waals surface area contributed by atoms with Gasteiger partial charge in [0.15, 0.2) is 5.82 Å². The lowest BCUT2D eigenvalue weighted by molar-refractivity contribution is 1.13. The molecule has 0 fully saturated rings. The lowest BCUT2D eigenvalue weighted by Crippen LogP contribution is -2.01. The van der Waals surface area contributed by atoms with Gasteiger partial charge >= 0.3 is 0 Å². The standard InChI is InChI=1S/C20H13ClN6/c1-12-7-14(21)9-16-18(12)26-20(17-11-23-5-6-24-17)27-19(16)25-15-4-2-3-13(8-15)10-22/h2-9,11H,1H3,(H,25,26,27). The quantitative estimate of drug-likeness (QED) is 0.562. The smallest absolute Gasteiger partial charge is 0.182 e. The van der Waals surface area contributed by atoms with Crippen molar-refractivity contribution < 1.29 is 0 Å². The molecule has 0 saturated heterocycles. The van der Waals surface area contributed by atoms with E-state index < -0.39 is 0 Å². The van der Waals surface area contributed by atoms with Crippen LogP contribution in [-0.4, -0.2) is 19.9 Å². The third-order valence-electron chi connectivity index (χ3n) is 4.00. The van der Waals surface area contributed by atoms with Gasteiger partial charge in [0.25, 0.3) is 0 Å². The lowest BCUT2D eigenvalue weighted by atomic mass is 10.1. The van der Waals surface area contributed by atoms with Crippen molar-refractivity contribution in [2.75, 3.05) is 5.32 Å². The molecule has 0 aliphatic rings. The average molecular weight is 373 g/mol. The van der Waals surface area contributed by atoms with Gasteiger partial charge in [-0.1, -0.05) is 17.7 Å². The first-order valence-electron chi connectivity index (χ1n) is 8.15. The van der Waals surface area contributed by atoms with Crippen LogP contribution in [0.4, 0.5) is 11.5 Å². The van der Waals surface area contributed by atoms with Crippen molar-refractivity contribution in [3.8, 4) is 17.6 Å². The van der Waals surface area contributed by atoms with Crippen molar-refractivity contribution >= 4 is 34.0 Å². The maximum atomic E-state index is 9.13. The molecule has 0 aliphatic heterocycles. The third-order valence-corrected chi connectivity index (χ3v) is 4.22. The Bertz CT molecular complexity index is 1180. The molecule has 0 radical (unpaired) electrons. The highest BCUT2D eigenvalue weighted by Gasteiger charge is 2.13. The molecule has 4 rings (SSSR count). The van der Waals surface area contributed by atoms with Crippen LogP contribution in [0.3, 0.4) is 0 Å². The molecule has 1 N–H and O–H groups in total. The Hall–Kier alpha value is -3.56. The summed E-state index contributed by atoms with van der Waals surface area (Å²) in [6, 6.07) is 13.0. The summed E-state index contributed by atoms with van der Waals surface area (Å²) in [6.07, 6.45) is 4.82. The van der Waals surface area contributed by atoms with Crippen molar-refractivity contribution in [1.29, 1.82) is 5.26 Å². The molecule has 0 saturated carbocycles. The summed E-state index contributed by atoms with van der Waals surface area (Å²) in [4.78, 5) is 17.7. The molecule has 0 spiro atoms. The number of aromatic nitrogens is 4. The first-order valence-corrected chi connectivity index (χ1v) is 8.53. The zero-order chi connectivity index (χ0) is 18.8. The van der Waals surface area contributed by atoms with Crippen LogP contribution in [-0.2, 0) is 0 Å². The van der Waals surface area contributed by atoms with Crippen LogP contribution in [0.25, 0.3) is 22.4 Å². The Morgan fingerprint density at radius 1 is 1.11 bits per heavy atom. The van der Waals surface area contributed by atoms with Gasteiger partial charge in [0.1, 0.15) is 11.5 Å². The fourth-order valence-electron chi connectivity index (χ4n) is 2.79. The van der Waals surface area contributed by atoms with E-state index in [2.05, 4.69) is 31.3 Å². The first kappa shape index (κ1) is 16.9. The highest BCUT2D eigenvalue weighted by molar-refractivity contribution is 6.31. The molecule has 0 unspecified atom stereocenters. The number of rotatable bonds is 3. The second kappa shape index (κ2) is 6.98. The van der Waals surface area contributed by atoms with Gasteiger partial charge in [0, 0.05) is 28.5 Å². The Morgan fingerprint density at radius 3 is 2.78 bits per heavy atom. The van der Waals surface area contributed by atoms with Crippen molar-refractivity contribution in [2.24, 2.45) is 0 Å². The fourth-order valence-corrected chi connectivity index (χ4v) is 3.06. The molecular weight excluding hydrogens is 360 g/mol. The molecule has 0 atom stereocenters. The highest BCUT2D eigenvalue weighted by atomic mass is 35.5. The molecule has 2 heterocycles. The van der Waals surface area contributed by atoms with Crippen LogP contribution in [0.15, 0.2) is 55.0 Å². The Labute approximate surface area is 160 Å². The van der Waals surface area contributed by atoms with Crippen LogP contribution in [0.2, 0.25) is 5.02 Å². The van der Waals surface area contributed by atoms with E-state index in [-0.39, 0.29) is 0 Å². The Kier molecular flexibility index (Phi) is 4.37. The second-order valence-electron chi connectivity index (χ2n) is 5.92. The van der Waals surface area contributed by atoms with E-state index in [1.165, 1.54) is 0 Å². The van der Waals surface area contributed by atoms with E-state index in [4.69, 9.17) is 16.9 Å². The van der Waals surface area contributed by atoms with Gasteiger partial charge in [-0.05, 0) is 42.8 Å². The summed E-state index contributed by atoms with van der Waals surface area (Å²) in [5, 5.41) is 13.8. The van der Waals surface area contributed by atoms with Gasteiger partial charge in [-0.3, -0.25) is 4.98 Å². The number of nitriles is 1. The second-order valence-corrected chi connectivity index (χ2v) is 6.36.